The van der Waals surface area contributed by atoms with Gasteiger partial charge in [-0.05, 0) is 11.5 Å². The lowest BCUT2D eigenvalue weighted by atomic mass is 9.73. The van der Waals surface area contributed by atoms with Gasteiger partial charge >= 0.3 is 6.09 Å². The van der Waals surface area contributed by atoms with Crippen LogP contribution >= 0.6 is 0 Å². The number of carboxylic acid groups (broad SMARTS) is 1. The van der Waals surface area contributed by atoms with Crippen LogP contribution in [-0.4, -0.2) is 35.8 Å². The van der Waals surface area contributed by atoms with Gasteiger partial charge in [0.15, 0.2) is 11.6 Å². The number of halogens is 2. The van der Waals surface area contributed by atoms with E-state index in [0.717, 1.165) is 6.07 Å². The molecule has 0 aromatic heterocycles. The van der Waals surface area contributed by atoms with Crippen LogP contribution in [0.4, 0.5) is 13.6 Å². The third kappa shape index (κ3) is 2.45. The number of benzene rings is 1. The summed E-state index contributed by atoms with van der Waals surface area (Å²) in [6.07, 6.45) is -0.811. The Hall–Kier alpha value is -1.69. The van der Waals surface area contributed by atoms with Crippen LogP contribution in [0.1, 0.15) is 32.8 Å². The van der Waals surface area contributed by atoms with Crippen LogP contribution in [-0.2, 0) is 10.3 Å². The summed E-state index contributed by atoms with van der Waals surface area (Å²) < 4.78 is 33.6. The molecule has 1 aliphatic heterocycles. The van der Waals surface area contributed by atoms with E-state index in [0.29, 0.717) is 0 Å². The van der Waals surface area contributed by atoms with Gasteiger partial charge in [0.2, 0.25) is 0 Å². The lowest BCUT2D eigenvalue weighted by molar-refractivity contribution is -0.0755. The van der Waals surface area contributed by atoms with E-state index in [1.165, 1.54) is 24.1 Å². The van der Waals surface area contributed by atoms with Gasteiger partial charge in [0.1, 0.15) is 5.60 Å². The second kappa shape index (κ2) is 5.50. The van der Waals surface area contributed by atoms with Crippen LogP contribution in [0.3, 0.4) is 0 Å². The average Bonchev–Trinajstić information content (AvgIpc) is 2.82. The monoisotopic (exact) mass is 313 g/mol. The number of rotatable bonds is 2. The summed E-state index contributed by atoms with van der Waals surface area (Å²) in [5.74, 6) is -1.94. The molecule has 2 unspecified atom stereocenters. The molecule has 1 aromatic rings. The van der Waals surface area contributed by atoms with Crippen LogP contribution in [0.25, 0.3) is 0 Å². The standard InChI is InChI=1S/C16H21F2NO3/c1-15(2,3)13-16(22-4,8-9-19(13)14(20)21)10-6-5-7-11(17)12(10)18/h5-7,13H,8-9H2,1-4H3,(H,20,21). The van der Waals surface area contributed by atoms with Crippen molar-refractivity contribution in [3.8, 4) is 0 Å². The molecule has 0 radical (unpaired) electrons. The first-order chi connectivity index (χ1) is 10.1. The van der Waals surface area contributed by atoms with Crippen molar-refractivity contribution in [2.45, 2.75) is 38.8 Å². The van der Waals surface area contributed by atoms with Crippen LogP contribution in [0, 0.1) is 17.0 Å². The molecule has 22 heavy (non-hydrogen) atoms. The first-order valence-corrected chi connectivity index (χ1v) is 7.14. The number of nitrogens with zero attached hydrogens (tertiary/aromatic N) is 1. The molecule has 1 saturated heterocycles. The Morgan fingerprint density at radius 3 is 2.55 bits per heavy atom. The van der Waals surface area contributed by atoms with Gasteiger partial charge in [-0.1, -0.05) is 32.9 Å². The molecule has 0 spiro atoms. The van der Waals surface area contributed by atoms with Crippen LogP contribution in [0.5, 0.6) is 0 Å². The molecule has 0 saturated carbocycles. The second-order valence-corrected chi connectivity index (χ2v) is 6.69. The molecule has 122 valence electrons. The fourth-order valence-electron chi connectivity index (χ4n) is 3.61. The van der Waals surface area contributed by atoms with Gasteiger partial charge in [-0.25, -0.2) is 13.6 Å². The average molecular weight is 313 g/mol. The molecule has 2 atom stereocenters. The molecule has 1 fully saturated rings. The normalized spacial score (nSPS) is 25.5. The van der Waals surface area contributed by atoms with Gasteiger partial charge in [-0.3, -0.25) is 0 Å². The first kappa shape index (κ1) is 16.7. The third-order valence-electron chi connectivity index (χ3n) is 4.32. The quantitative estimate of drug-likeness (QED) is 0.907. The van der Waals surface area contributed by atoms with Crippen molar-refractivity contribution in [1.29, 1.82) is 0 Å². The molecule has 1 N–H and O–H groups in total. The van der Waals surface area contributed by atoms with Gasteiger partial charge in [0.05, 0.1) is 6.04 Å². The number of carbonyl (C=O) groups is 1. The Morgan fingerprint density at radius 1 is 1.41 bits per heavy atom. The zero-order valence-corrected chi connectivity index (χ0v) is 13.2. The van der Waals surface area contributed by atoms with Gasteiger partial charge in [0.25, 0.3) is 0 Å². The number of hydrogen-bond acceptors (Lipinski definition) is 2. The maximum absolute atomic E-state index is 14.4. The number of likely N-dealkylation sites (tertiary alicyclic amines) is 1. The Balaban J connectivity index is 2.66. The molecule has 1 aliphatic rings. The Kier molecular flexibility index (Phi) is 4.17. The van der Waals surface area contributed by atoms with E-state index in [2.05, 4.69) is 0 Å². The van der Waals surface area contributed by atoms with Crippen molar-refractivity contribution in [2.75, 3.05) is 13.7 Å². The maximum atomic E-state index is 14.4. The number of amides is 1. The minimum absolute atomic E-state index is 0.0682. The molecule has 4 nitrogen and oxygen atoms in total. The molecular formula is C16H21F2NO3. The highest BCUT2D eigenvalue weighted by Crippen LogP contribution is 2.48. The maximum Gasteiger partial charge on any atom is 0.407 e. The van der Waals surface area contributed by atoms with Gasteiger partial charge < -0.3 is 14.7 Å². The highest BCUT2D eigenvalue weighted by molar-refractivity contribution is 5.66. The predicted molar refractivity (Wildman–Crippen MR) is 77.6 cm³/mol. The van der Waals surface area contributed by atoms with Crippen molar-refractivity contribution in [3.05, 3.63) is 35.4 Å². The highest BCUT2D eigenvalue weighted by Gasteiger charge is 2.56. The minimum Gasteiger partial charge on any atom is -0.465 e. The topological polar surface area (TPSA) is 49.8 Å². The Bertz CT molecular complexity index is 585. The second-order valence-electron chi connectivity index (χ2n) is 6.69. The van der Waals surface area contributed by atoms with Crippen molar-refractivity contribution in [2.24, 2.45) is 5.41 Å². The Morgan fingerprint density at radius 2 is 2.05 bits per heavy atom. The van der Waals surface area contributed by atoms with Crippen molar-refractivity contribution >= 4 is 6.09 Å². The van der Waals surface area contributed by atoms with Gasteiger partial charge in [-0.15, -0.1) is 0 Å². The summed E-state index contributed by atoms with van der Waals surface area (Å²) in [7, 11) is 1.41. The highest BCUT2D eigenvalue weighted by atomic mass is 19.2. The number of hydrogen-bond donors (Lipinski definition) is 1. The smallest absolute Gasteiger partial charge is 0.407 e. The third-order valence-corrected chi connectivity index (χ3v) is 4.32. The Labute approximate surface area is 128 Å². The summed E-state index contributed by atoms with van der Waals surface area (Å²) in [5.41, 5.74) is -1.65. The van der Waals surface area contributed by atoms with E-state index < -0.39 is 34.8 Å². The summed E-state index contributed by atoms with van der Waals surface area (Å²) >= 11 is 0. The molecule has 1 amide bonds. The summed E-state index contributed by atoms with van der Waals surface area (Å²) in [4.78, 5) is 12.8. The molecule has 1 heterocycles. The van der Waals surface area contributed by atoms with Crippen LogP contribution in [0.15, 0.2) is 18.2 Å². The lowest BCUT2D eigenvalue weighted by Crippen LogP contribution is -2.53. The van der Waals surface area contributed by atoms with Gasteiger partial charge in [-0.2, -0.15) is 0 Å². The van der Waals surface area contributed by atoms with Crippen LogP contribution in [0.2, 0.25) is 0 Å². The molecule has 6 heteroatoms. The summed E-state index contributed by atoms with van der Waals surface area (Å²) in [5, 5.41) is 9.45. The van der Waals surface area contributed by atoms with Gasteiger partial charge in [0, 0.05) is 25.6 Å². The van der Waals surface area contributed by atoms with Crippen molar-refractivity contribution < 1.29 is 23.4 Å². The van der Waals surface area contributed by atoms with Crippen LogP contribution < -0.4 is 0 Å². The molecule has 0 aliphatic carbocycles. The predicted octanol–water partition coefficient (Wildman–Crippen LogP) is 3.60. The minimum atomic E-state index is -1.21. The van der Waals surface area contributed by atoms with Crippen molar-refractivity contribution in [1.82, 2.24) is 4.90 Å². The molecular weight excluding hydrogens is 292 g/mol. The SMILES string of the molecule is COC1(c2cccc(F)c2F)CCN(C(=O)O)C1C(C)(C)C. The zero-order valence-electron chi connectivity index (χ0n) is 13.2. The largest absolute Gasteiger partial charge is 0.465 e. The molecule has 1 aromatic carbocycles. The fourth-order valence-corrected chi connectivity index (χ4v) is 3.61. The first-order valence-electron chi connectivity index (χ1n) is 7.14. The van der Waals surface area contributed by atoms with E-state index >= 15 is 0 Å². The molecule has 2 rings (SSSR count). The number of ether oxygens (including phenoxy) is 1. The number of methoxy groups -OCH3 is 1. The van der Waals surface area contributed by atoms with E-state index in [4.69, 9.17) is 4.74 Å². The zero-order chi connectivity index (χ0) is 16.7. The van der Waals surface area contributed by atoms with E-state index in [-0.39, 0.29) is 18.5 Å². The molecule has 0 bridgehead atoms. The van der Waals surface area contributed by atoms with Crippen molar-refractivity contribution in [3.63, 3.8) is 0 Å². The van der Waals surface area contributed by atoms with E-state index in [1.807, 2.05) is 20.8 Å². The summed E-state index contributed by atoms with van der Waals surface area (Å²) in [6.45, 7) is 5.80. The van der Waals surface area contributed by atoms with E-state index in [9.17, 15) is 18.7 Å². The fraction of sp³-hybridized carbons (Fsp3) is 0.562. The summed E-state index contributed by atoms with van der Waals surface area (Å²) in [6, 6.07) is 3.29. The van der Waals surface area contributed by atoms with E-state index in [1.54, 1.807) is 0 Å². The lowest BCUT2D eigenvalue weighted by Gasteiger charge is -2.44.